The van der Waals surface area contributed by atoms with Gasteiger partial charge in [-0.3, -0.25) is 10.1 Å². The van der Waals surface area contributed by atoms with Crippen LogP contribution in [0.3, 0.4) is 0 Å². The molecule has 0 aromatic heterocycles. The molecule has 0 aliphatic heterocycles. The molecule has 3 nitrogen and oxygen atoms in total. The number of rotatable bonds is 4. The minimum atomic E-state index is -0.779. The quantitative estimate of drug-likeness (QED) is 0.874. The van der Waals surface area contributed by atoms with Gasteiger partial charge in [-0.05, 0) is 55.9 Å². The van der Waals surface area contributed by atoms with Crippen LogP contribution in [-0.2, 0) is 4.79 Å². The van der Waals surface area contributed by atoms with Crippen LogP contribution in [0.2, 0.25) is 0 Å². The molecule has 1 aromatic rings. The minimum absolute atomic E-state index is 0.349. The summed E-state index contributed by atoms with van der Waals surface area (Å²) in [5.74, 6) is -0.779. The lowest BCUT2D eigenvalue weighted by molar-refractivity contribution is -0.139. The summed E-state index contributed by atoms with van der Waals surface area (Å²) < 4.78 is 0. The summed E-state index contributed by atoms with van der Waals surface area (Å²) in [6.07, 6.45) is 4.59. The van der Waals surface area contributed by atoms with Crippen LogP contribution in [0.1, 0.15) is 54.0 Å². The average molecular weight is 261 g/mol. The predicted molar refractivity (Wildman–Crippen MR) is 76.4 cm³/mol. The molecule has 1 aliphatic rings. The Labute approximate surface area is 115 Å². The molecule has 104 valence electrons. The van der Waals surface area contributed by atoms with E-state index in [0.717, 1.165) is 29.5 Å². The average Bonchev–Trinajstić information content (AvgIpc) is 2.84. The molecule has 19 heavy (non-hydrogen) atoms. The molecular formula is C16H23NO2. The Morgan fingerprint density at radius 1 is 1.16 bits per heavy atom. The zero-order valence-electron chi connectivity index (χ0n) is 12.0. The van der Waals surface area contributed by atoms with Crippen LogP contribution in [0.15, 0.2) is 12.1 Å². The Morgan fingerprint density at radius 3 is 2.32 bits per heavy atom. The SMILES string of the molecule is Cc1cc(C)c(C(NC2CCCC2)C(=O)O)cc1C. The molecule has 0 amide bonds. The van der Waals surface area contributed by atoms with E-state index in [1.165, 1.54) is 18.4 Å². The van der Waals surface area contributed by atoms with Crippen molar-refractivity contribution >= 4 is 5.97 Å². The zero-order chi connectivity index (χ0) is 14.0. The lowest BCUT2D eigenvalue weighted by atomic mass is 9.95. The Hall–Kier alpha value is -1.35. The van der Waals surface area contributed by atoms with Crippen molar-refractivity contribution in [1.82, 2.24) is 5.32 Å². The normalized spacial score (nSPS) is 17.6. The van der Waals surface area contributed by atoms with Crippen molar-refractivity contribution < 1.29 is 9.90 Å². The van der Waals surface area contributed by atoms with Crippen molar-refractivity contribution in [2.24, 2.45) is 0 Å². The molecule has 2 rings (SSSR count). The predicted octanol–water partition coefficient (Wildman–Crippen LogP) is 3.27. The lowest BCUT2D eigenvalue weighted by Gasteiger charge is -2.22. The maximum absolute atomic E-state index is 11.6. The van der Waals surface area contributed by atoms with E-state index in [9.17, 15) is 9.90 Å². The first-order valence-electron chi connectivity index (χ1n) is 7.05. The fraction of sp³-hybridized carbons (Fsp3) is 0.562. The van der Waals surface area contributed by atoms with Crippen molar-refractivity contribution in [2.75, 3.05) is 0 Å². The number of aliphatic carboxylic acids is 1. The third-order valence-electron chi connectivity index (χ3n) is 4.20. The molecule has 1 aliphatic carbocycles. The van der Waals surface area contributed by atoms with Gasteiger partial charge in [0.1, 0.15) is 6.04 Å². The number of carbonyl (C=O) groups is 1. The Morgan fingerprint density at radius 2 is 1.74 bits per heavy atom. The second-order valence-corrected chi connectivity index (χ2v) is 5.71. The number of carboxylic acid groups (broad SMARTS) is 1. The number of aryl methyl sites for hydroxylation is 3. The topological polar surface area (TPSA) is 49.3 Å². The summed E-state index contributed by atoms with van der Waals surface area (Å²) in [6.45, 7) is 6.09. The second kappa shape index (κ2) is 5.74. The van der Waals surface area contributed by atoms with Gasteiger partial charge in [0.25, 0.3) is 0 Å². The van der Waals surface area contributed by atoms with Gasteiger partial charge in [0.05, 0.1) is 0 Å². The molecule has 0 saturated heterocycles. The fourth-order valence-corrected chi connectivity index (χ4v) is 2.92. The molecule has 0 spiro atoms. The largest absolute Gasteiger partial charge is 0.480 e. The first-order chi connectivity index (χ1) is 8.99. The van der Waals surface area contributed by atoms with Gasteiger partial charge in [-0.15, -0.1) is 0 Å². The number of hydrogen-bond acceptors (Lipinski definition) is 2. The summed E-state index contributed by atoms with van der Waals surface area (Å²) in [5.41, 5.74) is 4.33. The molecule has 1 aromatic carbocycles. The smallest absolute Gasteiger partial charge is 0.325 e. The Kier molecular flexibility index (Phi) is 4.25. The molecule has 1 unspecified atom stereocenters. The highest BCUT2D eigenvalue weighted by atomic mass is 16.4. The van der Waals surface area contributed by atoms with Crippen LogP contribution in [0, 0.1) is 20.8 Å². The van der Waals surface area contributed by atoms with Crippen LogP contribution in [0.5, 0.6) is 0 Å². The van der Waals surface area contributed by atoms with E-state index < -0.39 is 12.0 Å². The van der Waals surface area contributed by atoms with Gasteiger partial charge in [0.2, 0.25) is 0 Å². The highest BCUT2D eigenvalue weighted by molar-refractivity contribution is 5.76. The Bertz CT molecular complexity index is 476. The van der Waals surface area contributed by atoms with E-state index >= 15 is 0 Å². The van der Waals surface area contributed by atoms with Crippen molar-refractivity contribution in [3.05, 3.63) is 34.4 Å². The fourth-order valence-electron chi connectivity index (χ4n) is 2.92. The molecule has 1 saturated carbocycles. The first-order valence-corrected chi connectivity index (χ1v) is 7.05. The zero-order valence-corrected chi connectivity index (χ0v) is 12.0. The highest BCUT2D eigenvalue weighted by Gasteiger charge is 2.26. The van der Waals surface area contributed by atoms with Crippen molar-refractivity contribution in [1.29, 1.82) is 0 Å². The van der Waals surface area contributed by atoms with Crippen LogP contribution < -0.4 is 5.32 Å². The number of carboxylic acids is 1. The van der Waals surface area contributed by atoms with E-state index in [1.54, 1.807) is 0 Å². The van der Waals surface area contributed by atoms with E-state index in [1.807, 2.05) is 19.9 Å². The summed E-state index contributed by atoms with van der Waals surface area (Å²) in [4.78, 5) is 11.6. The van der Waals surface area contributed by atoms with Gasteiger partial charge in [-0.1, -0.05) is 25.0 Å². The van der Waals surface area contributed by atoms with E-state index in [4.69, 9.17) is 0 Å². The van der Waals surface area contributed by atoms with E-state index in [0.29, 0.717) is 6.04 Å². The standard InChI is InChI=1S/C16H23NO2/c1-10-8-12(3)14(9-11(10)2)15(16(18)19)17-13-6-4-5-7-13/h8-9,13,15,17H,4-7H2,1-3H3,(H,18,19). The Balaban J connectivity index is 2.27. The van der Waals surface area contributed by atoms with Crippen molar-refractivity contribution in [2.45, 2.75) is 58.5 Å². The second-order valence-electron chi connectivity index (χ2n) is 5.71. The molecule has 1 fully saturated rings. The minimum Gasteiger partial charge on any atom is -0.480 e. The summed E-state index contributed by atoms with van der Waals surface area (Å²) >= 11 is 0. The van der Waals surface area contributed by atoms with Crippen LogP contribution in [0.4, 0.5) is 0 Å². The maximum atomic E-state index is 11.6. The lowest BCUT2D eigenvalue weighted by Crippen LogP contribution is -2.36. The monoisotopic (exact) mass is 261 g/mol. The molecule has 0 heterocycles. The van der Waals surface area contributed by atoms with Crippen molar-refractivity contribution in [3.8, 4) is 0 Å². The van der Waals surface area contributed by atoms with Crippen LogP contribution >= 0.6 is 0 Å². The molecule has 0 radical (unpaired) electrons. The van der Waals surface area contributed by atoms with Crippen LogP contribution in [-0.4, -0.2) is 17.1 Å². The number of hydrogen-bond donors (Lipinski definition) is 2. The molecule has 3 heteroatoms. The molecule has 1 atom stereocenters. The summed E-state index contributed by atoms with van der Waals surface area (Å²) in [5, 5.41) is 12.8. The number of nitrogens with one attached hydrogen (secondary N) is 1. The maximum Gasteiger partial charge on any atom is 0.325 e. The number of benzene rings is 1. The van der Waals surface area contributed by atoms with Gasteiger partial charge in [-0.25, -0.2) is 0 Å². The van der Waals surface area contributed by atoms with Gasteiger partial charge >= 0.3 is 5.97 Å². The molecule has 0 bridgehead atoms. The molecular weight excluding hydrogens is 238 g/mol. The van der Waals surface area contributed by atoms with Gasteiger partial charge in [0.15, 0.2) is 0 Å². The van der Waals surface area contributed by atoms with Gasteiger partial charge in [-0.2, -0.15) is 0 Å². The van der Waals surface area contributed by atoms with Crippen molar-refractivity contribution in [3.63, 3.8) is 0 Å². The first kappa shape index (κ1) is 14.1. The summed E-state index contributed by atoms with van der Waals surface area (Å²) in [7, 11) is 0. The van der Waals surface area contributed by atoms with E-state index in [-0.39, 0.29) is 0 Å². The van der Waals surface area contributed by atoms with E-state index in [2.05, 4.69) is 18.3 Å². The van der Waals surface area contributed by atoms with Crippen LogP contribution in [0.25, 0.3) is 0 Å². The summed E-state index contributed by atoms with van der Waals surface area (Å²) in [6, 6.07) is 3.87. The van der Waals surface area contributed by atoms with Gasteiger partial charge in [0, 0.05) is 6.04 Å². The van der Waals surface area contributed by atoms with Gasteiger partial charge < -0.3 is 5.11 Å². The third-order valence-corrected chi connectivity index (χ3v) is 4.20. The third kappa shape index (κ3) is 3.16. The molecule has 2 N–H and O–H groups in total. The highest BCUT2D eigenvalue weighted by Crippen LogP contribution is 2.26.